The molecule has 6 heteroatoms. The number of rotatable bonds is 9. The largest absolute Gasteiger partial charge is 0.357 e. The van der Waals surface area contributed by atoms with Gasteiger partial charge >= 0.3 is 0 Å². The molecule has 0 fully saturated rings. The van der Waals surface area contributed by atoms with Gasteiger partial charge in [0.25, 0.3) is 0 Å². The van der Waals surface area contributed by atoms with Gasteiger partial charge in [0.15, 0.2) is 5.96 Å². The van der Waals surface area contributed by atoms with E-state index in [1.54, 1.807) is 12.1 Å². The molecule has 152 valence electrons. The summed E-state index contributed by atoms with van der Waals surface area (Å²) in [6.07, 6.45) is 0. The quantitative estimate of drug-likeness (QED) is 0.497. The van der Waals surface area contributed by atoms with Gasteiger partial charge in [0.05, 0.1) is 6.54 Å². The van der Waals surface area contributed by atoms with Crippen molar-refractivity contribution >= 4 is 16.8 Å². The second kappa shape index (κ2) is 11.0. The van der Waals surface area contributed by atoms with Crippen LogP contribution >= 0.6 is 0 Å². The fourth-order valence-electron chi connectivity index (χ4n) is 2.73. The monoisotopic (exact) mass is 403 g/mol. The van der Waals surface area contributed by atoms with E-state index < -0.39 is 10.8 Å². The molecule has 0 bridgehead atoms. The highest BCUT2D eigenvalue weighted by atomic mass is 32.2. The molecule has 2 N–H and O–H groups in total. The molecule has 0 saturated heterocycles. The van der Waals surface area contributed by atoms with Gasteiger partial charge in [0.2, 0.25) is 0 Å². The first kappa shape index (κ1) is 22.1. The van der Waals surface area contributed by atoms with E-state index in [0.29, 0.717) is 30.6 Å². The van der Waals surface area contributed by atoms with E-state index in [-0.39, 0.29) is 11.2 Å². The molecule has 0 saturated carbocycles. The fourth-order valence-corrected chi connectivity index (χ4v) is 3.77. The summed E-state index contributed by atoms with van der Waals surface area (Å²) in [5.74, 6) is 1.55. The number of guanidine groups is 1. The lowest BCUT2D eigenvalue weighted by atomic mass is 9.85. The molecule has 0 aliphatic heterocycles. The van der Waals surface area contributed by atoms with Gasteiger partial charge < -0.3 is 10.6 Å². The Morgan fingerprint density at radius 2 is 1.86 bits per heavy atom. The Kier molecular flexibility index (Phi) is 8.64. The molecule has 0 radical (unpaired) electrons. The first-order valence-corrected chi connectivity index (χ1v) is 11.1. The minimum atomic E-state index is -0.932. The van der Waals surface area contributed by atoms with E-state index in [1.165, 1.54) is 6.07 Å². The van der Waals surface area contributed by atoms with Crippen molar-refractivity contribution in [2.75, 3.05) is 25.4 Å². The van der Waals surface area contributed by atoms with Gasteiger partial charge in [0, 0.05) is 40.8 Å². The third kappa shape index (κ3) is 7.43. The second-order valence-electron chi connectivity index (χ2n) is 7.29. The molecule has 4 nitrogen and oxygen atoms in total. The Morgan fingerprint density at radius 1 is 1.11 bits per heavy atom. The molecular formula is C22H30FN3OS. The van der Waals surface area contributed by atoms with E-state index in [2.05, 4.69) is 15.6 Å². The fraction of sp³-hybridized carbons (Fsp3) is 0.409. The average molecular weight is 404 g/mol. The molecule has 0 aliphatic rings. The molecular weight excluding hydrogens is 373 g/mol. The van der Waals surface area contributed by atoms with Crippen LogP contribution < -0.4 is 10.6 Å². The van der Waals surface area contributed by atoms with E-state index in [1.807, 2.05) is 57.2 Å². The lowest BCUT2D eigenvalue weighted by Gasteiger charge is -2.24. The minimum absolute atomic E-state index is 0.236. The van der Waals surface area contributed by atoms with Gasteiger partial charge in [0.1, 0.15) is 5.82 Å². The van der Waals surface area contributed by atoms with Crippen molar-refractivity contribution in [2.24, 2.45) is 4.99 Å². The van der Waals surface area contributed by atoms with Crippen LogP contribution in [0.4, 0.5) is 4.39 Å². The van der Waals surface area contributed by atoms with Gasteiger partial charge in [-0.05, 0) is 30.2 Å². The molecule has 0 aliphatic carbocycles. The third-order valence-corrected chi connectivity index (χ3v) is 5.69. The van der Waals surface area contributed by atoms with E-state index in [9.17, 15) is 8.60 Å². The van der Waals surface area contributed by atoms with Crippen LogP contribution in [0.25, 0.3) is 0 Å². The van der Waals surface area contributed by atoms with Crippen LogP contribution in [0.1, 0.15) is 31.9 Å². The second-order valence-corrected chi connectivity index (χ2v) is 8.87. The Balaban J connectivity index is 1.88. The van der Waals surface area contributed by atoms with Crippen molar-refractivity contribution in [1.82, 2.24) is 10.6 Å². The first-order chi connectivity index (χ1) is 13.4. The maximum absolute atomic E-state index is 13.5. The molecule has 1 unspecified atom stereocenters. The molecule has 2 rings (SSSR count). The summed E-state index contributed by atoms with van der Waals surface area (Å²) in [6.45, 7) is 7.92. The summed E-state index contributed by atoms with van der Waals surface area (Å²) in [6, 6.07) is 16.5. The smallest absolute Gasteiger partial charge is 0.191 e. The summed E-state index contributed by atoms with van der Waals surface area (Å²) in [5.41, 5.74) is 1.70. The number of halogens is 1. The number of aliphatic imine (C=N–C) groups is 1. The van der Waals surface area contributed by atoms with Crippen LogP contribution in [0, 0.1) is 5.82 Å². The van der Waals surface area contributed by atoms with Gasteiger partial charge in [-0.25, -0.2) is 4.39 Å². The summed E-state index contributed by atoms with van der Waals surface area (Å²) in [5, 5.41) is 6.45. The predicted molar refractivity (Wildman–Crippen MR) is 117 cm³/mol. The van der Waals surface area contributed by atoms with Crippen molar-refractivity contribution in [3.8, 4) is 0 Å². The van der Waals surface area contributed by atoms with Crippen molar-refractivity contribution in [3.05, 3.63) is 71.5 Å². The summed E-state index contributed by atoms with van der Waals surface area (Å²) >= 11 is 0. The highest BCUT2D eigenvalue weighted by molar-refractivity contribution is 7.84. The molecule has 0 amide bonds. The number of hydrogen-bond donors (Lipinski definition) is 2. The van der Waals surface area contributed by atoms with Crippen molar-refractivity contribution in [1.29, 1.82) is 0 Å². The molecule has 2 aromatic rings. The van der Waals surface area contributed by atoms with E-state index >= 15 is 0 Å². The van der Waals surface area contributed by atoms with Crippen molar-refractivity contribution in [3.63, 3.8) is 0 Å². The van der Waals surface area contributed by atoms with Gasteiger partial charge in [-0.15, -0.1) is 0 Å². The highest BCUT2D eigenvalue weighted by Crippen LogP contribution is 2.24. The number of hydrogen-bond acceptors (Lipinski definition) is 2. The molecule has 0 aromatic heterocycles. The Morgan fingerprint density at radius 3 is 2.54 bits per heavy atom. The molecule has 0 heterocycles. The van der Waals surface area contributed by atoms with Crippen LogP contribution in [-0.2, 0) is 22.0 Å². The van der Waals surface area contributed by atoms with Crippen molar-refractivity contribution < 1.29 is 8.60 Å². The van der Waals surface area contributed by atoms with Crippen LogP contribution in [-0.4, -0.2) is 35.6 Å². The summed E-state index contributed by atoms with van der Waals surface area (Å²) < 4.78 is 25.8. The first-order valence-electron chi connectivity index (χ1n) is 9.58. The lowest BCUT2D eigenvalue weighted by Crippen LogP contribution is -2.40. The SMILES string of the molecule is CCNC(=NCC(C)(C)c1cccc(F)c1)NCCS(=O)Cc1ccccc1. The number of benzene rings is 2. The van der Waals surface area contributed by atoms with Crippen LogP contribution in [0.5, 0.6) is 0 Å². The lowest BCUT2D eigenvalue weighted by molar-refractivity contribution is 0.529. The number of nitrogens with zero attached hydrogens (tertiary/aromatic N) is 1. The van der Waals surface area contributed by atoms with Crippen LogP contribution in [0.15, 0.2) is 59.6 Å². The Labute approximate surface area is 170 Å². The zero-order valence-corrected chi connectivity index (χ0v) is 17.7. The maximum atomic E-state index is 13.5. The standard InChI is InChI=1S/C22H30FN3OS/c1-4-24-21(25-13-14-28(27)16-18-9-6-5-7-10-18)26-17-22(2,3)19-11-8-12-20(23)15-19/h5-12,15H,4,13-14,16-17H2,1-3H3,(H2,24,25,26). The van der Waals surface area contributed by atoms with Gasteiger partial charge in [-0.2, -0.15) is 0 Å². The minimum Gasteiger partial charge on any atom is -0.357 e. The number of nitrogens with one attached hydrogen (secondary N) is 2. The van der Waals surface area contributed by atoms with Gasteiger partial charge in [-0.1, -0.05) is 56.3 Å². The van der Waals surface area contributed by atoms with Crippen LogP contribution in [0.3, 0.4) is 0 Å². The summed E-state index contributed by atoms with van der Waals surface area (Å²) in [7, 11) is -0.932. The van der Waals surface area contributed by atoms with E-state index in [0.717, 1.165) is 17.7 Å². The van der Waals surface area contributed by atoms with Gasteiger partial charge in [-0.3, -0.25) is 9.20 Å². The molecule has 0 spiro atoms. The van der Waals surface area contributed by atoms with Crippen molar-refractivity contribution in [2.45, 2.75) is 31.9 Å². The van der Waals surface area contributed by atoms with E-state index in [4.69, 9.17) is 0 Å². The highest BCUT2D eigenvalue weighted by Gasteiger charge is 2.21. The zero-order valence-electron chi connectivity index (χ0n) is 16.9. The topological polar surface area (TPSA) is 53.5 Å². The summed E-state index contributed by atoms with van der Waals surface area (Å²) in [4.78, 5) is 4.65. The zero-order chi connectivity index (χ0) is 20.4. The molecule has 1 atom stereocenters. The molecule has 2 aromatic carbocycles. The Bertz CT molecular complexity index is 793. The predicted octanol–water partition coefficient (Wildman–Crippen LogP) is 3.61. The van der Waals surface area contributed by atoms with Crippen LogP contribution in [0.2, 0.25) is 0 Å². The third-order valence-electron chi connectivity index (χ3n) is 4.38. The maximum Gasteiger partial charge on any atom is 0.191 e. The molecule has 28 heavy (non-hydrogen) atoms. The normalized spacial score (nSPS) is 13.2. The Hall–Kier alpha value is -2.21. The average Bonchev–Trinajstić information content (AvgIpc) is 2.67.